The Kier molecular flexibility index (Phi) is 4.74. The molecule has 0 saturated carbocycles. The van der Waals surface area contributed by atoms with Gasteiger partial charge in [-0.05, 0) is 13.5 Å². The lowest BCUT2D eigenvalue weighted by atomic mass is 10.3. The van der Waals surface area contributed by atoms with Gasteiger partial charge < -0.3 is 5.73 Å². The average Bonchev–Trinajstić information content (AvgIpc) is 1.88. The highest BCUT2D eigenvalue weighted by atomic mass is 35.5. The molecule has 0 aromatic carbocycles. The van der Waals surface area contributed by atoms with Crippen LogP contribution in [0.25, 0.3) is 0 Å². The number of hydrogen-bond donors (Lipinski definition) is 1. The third-order valence-electron chi connectivity index (χ3n) is 1.21. The second-order valence-corrected chi connectivity index (χ2v) is 2.19. The van der Waals surface area contributed by atoms with E-state index in [1.165, 1.54) is 0 Å². The molecule has 62 valence electrons. The number of aryl methyl sites for hydroxylation is 1. The van der Waals surface area contributed by atoms with Crippen molar-refractivity contribution in [2.24, 2.45) is 5.73 Å². The van der Waals surface area contributed by atoms with Crippen molar-refractivity contribution in [2.45, 2.75) is 13.3 Å². The first-order valence-corrected chi connectivity index (χ1v) is 3.30. The molecule has 1 aromatic rings. The Morgan fingerprint density at radius 1 is 1.45 bits per heavy atom. The maximum Gasteiger partial charge on any atom is 0.0602 e. The van der Waals surface area contributed by atoms with E-state index in [1.54, 1.807) is 12.4 Å². The highest BCUT2D eigenvalue weighted by molar-refractivity contribution is 5.85. The molecule has 3 nitrogen and oxygen atoms in total. The lowest BCUT2D eigenvalue weighted by Crippen LogP contribution is -2.05. The summed E-state index contributed by atoms with van der Waals surface area (Å²) in [5, 5.41) is 0. The zero-order valence-electron chi connectivity index (χ0n) is 6.45. The maximum absolute atomic E-state index is 5.34. The topological polar surface area (TPSA) is 51.8 Å². The summed E-state index contributed by atoms with van der Waals surface area (Å²) in [7, 11) is 0. The minimum absolute atomic E-state index is 0. The molecule has 0 aliphatic carbocycles. The molecule has 0 aliphatic heterocycles. The largest absolute Gasteiger partial charge is 0.330 e. The molecule has 1 aromatic heterocycles. The second kappa shape index (κ2) is 5.04. The number of nitrogens with two attached hydrogens (primary N) is 1. The molecule has 0 saturated heterocycles. The van der Waals surface area contributed by atoms with Crippen LogP contribution in [0, 0.1) is 6.92 Å². The van der Waals surface area contributed by atoms with Crippen LogP contribution in [0.2, 0.25) is 0 Å². The average molecular weight is 174 g/mol. The van der Waals surface area contributed by atoms with Gasteiger partial charge in [-0.1, -0.05) is 0 Å². The third kappa shape index (κ3) is 3.30. The fraction of sp³-hybridized carbons (Fsp3) is 0.429. The smallest absolute Gasteiger partial charge is 0.0602 e. The Hall–Kier alpha value is -0.670. The molecule has 0 fully saturated rings. The Morgan fingerprint density at radius 2 is 2.18 bits per heavy atom. The minimum atomic E-state index is 0. The molecule has 2 N–H and O–H groups in total. The van der Waals surface area contributed by atoms with Gasteiger partial charge in [-0.2, -0.15) is 0 Å². The zero-order chi connectivity index (χ0) is 7.40. The van der Waals surface area contributed by atoms with Gasteiger partial charge in [0.1, 0.15) is 0 Å². The molecule has 11 heavy (non-hydrogen) atoms. The first-order chi connectivity index (χ1) is 4.83. The van der Waals surface area contributed by atoms with E-state index in [9.17, 15) is 0 Å². The van der Waals surface area contributed by atoms with E-state index in [0.717, 1.165) is 17.8 Å². The van der Waals surface area contributed by atoms with E-state index in [4.69, 9.17) is 5.73 Å². The van der Waals surface area contributed by atoms with E-state index in [0.29, 0.717) is 6.54 Å². The van der Waals surface area contributed by atoms with Crippen LogP contribution in [-0.2, 0) is 6.42 Å². The minimum Gasteiger partial charge on any atom is -0.330 e. The fourth-order valence-electron chi connectivity index (χ4n) is 0.784. The van der Waals surface area contributed by atoms with Crippen molar-refractivity contribution in [1.82, 2.24) is 9.97 Å². The summed E-state index contributed by atoms with van der Waals surface area (Å²) in [5.74, 6) is 0. The fourth-order valence-corrected chi connectivity index (χ4v) is 0.784. The highest BCUT2D eigenvalue weighted by Crippen LogP contribution is 1.93. The van der Waals surface area contributed by atoms with Crippen LogP contribution in [0.4, 0.5) is 0 Å². The number of hydrogen-bond acceptors (Lipinski definition) is 3. The van der Waals surface area contributed by atoms with Gasteiger partial charge >= 0.3 is 0 Å². The van der Waals surface area contributed by atoms with Crippen molar-refractivity contribution in [2.75, 3.05) is 6.54 Å². The number of aromatic nitrogens is 2. The first kappa shape index (κ1) is 10.3. The van der Waals surface area contributed by atoms with Gasteiger partial charge in [-0.15, -0.1) is 12.4 Å². The van der Waals surface area contributed by atoms with Gasteiger partial charge in [-0.25, -0.2) is 0 Å². The lowest BCUT2D eigenvalue weighted by molar-refractivity contribution is 0.894. The van der Waals surface area contributed by atoms with Crippen LogP contribution in [-0.4, -0.2) is 16.5 Å². The summed E-state index contributed by atoms with van der Waals surface area (Å²) in [4.78, 5) is 8.21. The first-order valence-electron chi connectivity index (χ1n) is 3.30. The van der Waals surface area contributed by atoms with E-state index >= 15 is 0 Å². The van der Waals surface area contributed by atoms with Crippen LogP contribution in [0.5, 0.6) is 0 Å². The molecular formula is C7H12ClN3. The molecule has 0 bridgehead atoms. The predicted octanol–water partition coefficient (Wildman–Crippen LogP) is 0.708. The van der Waals surface area contributed by atoms with Crippen molar-refractivity contribution < 1.29 is 0 Å². The normalized spacial score (nSPS) is 8.91. The molecule has 0 atom stereocenters. The second-order valence-electron chi connectivity index (χ2n) is 2.19. The summed E-state index contributed by atoms with van der Waals surface area (Å²) in [5.41, 5.74) is 7.27. The molecule has 1 heterocycles. The summed E-state index contributed by atoms with van der Waals surface area (Å²) in [6.07, 6.45) is 4.30. The summed E-state index contributed by atoms with van der Waals surface area (Å²) in [6.45, 7) is 2.56. The van der Waals surface area contributed by atoms with Crippen molar-refractivity contribution in [3.8, 4) is 0 Å². The molecule has 1 rings (SSSR count). The van der Waals surface area contributed by atoms with Crippen LogP contribution in [0.3, 0.4) is 0 Å². The van der Waals surface area contributed by atoms with Crippen LogP contribution in [0.15, 0.2) is 12.4 Å². The van der Waals surface area contributed by atoms with Gasteiger partial charge in [0, 0.05) is 18.8 Å². The zero-order valence-corrected chi connectivity index (χ0v) is 7.27. The molecule has 0 unspecified atom stereocenters. The standard InChI is InChI=1S/C7H11N3.ClH/c1-6-4-9-5-7(10-6)2-3-8;/h4-5H,2-3,8H2,1H3;1H. The molecule has 0 radical (unpaired) electrons. The Labute approximate surface area is 72.5 Å². The summed E-state index contributed by atoms with van der Waals surface area (Å²) in [6, 6.07) is 0. The Balaban J connectivity index is 0.000001000. The quantitative estimate of drug-likeness (QED) is 0.717. The predicted molar refractivity (Wildman–Crippen MR) is 46.8 cm³/mol. The lowest BCUT2D eigenvalue weighted by Gasteiger charge is -1.96. The van der Waals surface area contributed by atoms with Crippen molar-refractivity contribution in [3.05, 3.63) is 23.8 Å². The van der Waals surface area contributed by atoms with Gasteiger partial charge in [0.25, 0.3) is 0 Å². The molecule has 0 aliphatic rings. The van der Waals surface area contributed by atoms with Gasteiger partial charge in [0.2, 0.25) is 0 Å². The van der Waals surface area contributed by atoms with E-state index in [2.05, 4.69) is 9.97 Å². The SMILES string of the molecule is Cc1cncc(CCN)n1.Cl. The van der Waals surface area contributed by atoms with Crippen LogP contribution in [0.1, 0.15) is 11.4 Å². The molecule has 0 amide bonds. The van der Waals surface area contributed by atoms with Crippen molar-refractivity contribution in [3.63, 3.8) is 0 Å². The van der Waals surface area contributed by atoms with E-state index < -0.39 is 0 Å². The molecular weight excluding hydrogens is 162 g/mol. The number of nitrogens with zero attached hydrogens (tertiary/aromatic N) is 2. The molecule has 0 spiro atoms. The van der Waals surface area contributed by atoms with E-state index in [-0.39, 0.29) is 12.4 Å². The van der Waals surface area contributed by atoms with Crippen LogP contribution < -0.4 is 5.73 Å². The molecule has 4 heteroatoms. The highest BCUT2D eigenvalue weighted by Gasteiger charge is 1.91. The van der Waals surface area contributed by atoms with Crippen LogP contribution >= 0.6 is 12.4 Å². The van der Waals surface area contributed by atoms with E-state index in [1.807, 2.05) is 6.92 Å². The van der Waals surface area contributed by atoms with Gasteiger partial charge in [0.15, 0.2) is 0 Å². The van der Waals surface area contributed by atoms with Gasteiger partial charge in [0.05, 0.1) is 11.4 Å². The van der Waals surface area contributed by atoms with Crippen molar-refractivity contribution >= 4 is 12.4 Å². The Morgan fingerprint density at radius 3 is 2.73 bits per heavy atom. The van der Waals surface area contributed by atoms with Crippen molar-refractivity contribution in [1.29, 1.82) is 0 Å². The number of rotatable bonds is 2. The number of halogens is 1. The van der Waals surface area contributed by atoms with Gasteiger partial charge in [-0.3, -0.25) is 9.97 Å². The monoisotopic (exact) mass is 173 g/mol. The Bertz CT molecular complexity index is 215. The third-order valence-corrected chi connectivity index (χ3v) is 1.21. The summed E-state index contributed by atoms with van der Waals surface area (Å²) >= 11 is 0. The maximum atomic E-state index is 5.34. The summed E-state index contributed by atoms with van der Waals surface area (Å²) < 4.78 is 0.